The molecule has 0 radical (unpaired) electrons. The second-order valence-electron chi connectivity index (χ2n) is 9.98. The topological polar surface area (TPSA) is 83.1 Å². The molecule has 0 saturated carbocycles. The number of anilines is 1. The van der Waals surface area contributed by atoms with Crippen LogP contribution in [0.2, 0.25) is 0 Å². The maximum absolute atomic E-state index is 14.4. The maximum Gasteiger partial charge on any atom is 0.260 e. The Morgan fingerprint density at radius 1 is 1.16 bits per heavy atom. The van der Waals surface area contributed by atoms with Crippen molar-refractivity contribution in [3.05, 3.63) is 53.8 Å². The highest BCUT2D eigenvalue weighted by Gasteiger charge is 2.29. The first-order chi connectivity index (χ1) is 18.3. The van der Waals surface area contributed by atoms with Gasteiger partial charge in [0.1, 0.15) is 11.3 Å². The molecule has 2 saturated heterocycles. The van der Waals surface area contributed by atoms with Gasteiger partial charge in [-0.25, -0.2) is 17.8 Å². The fraction of sp³-hybridized carbons (Fsp3) is 0.481. The molecule has 1 atom stereocenters. The van der Waals surface area contributed by atoms with Crippen LogP contribution in [0.3, 0.4) is 0 Å². The van der Waals surface area contributed by atoms with Gasteiger partial charge >= 0.3 is 0 Å². The monoisotopic (exact) mass is 560 g/mol. The van der Waals surface area contributed by atoms with Crippen LogP contribution in [0.15, 0.2) is 47.4 Å². The molecule has 0 aliphatic carbocycles. The van der Waals surface area contributed by atoms with Crippen LogP contribution in [-0.4, -0.2) is 81.0 Å². The molecule has 2 aliphatic rings. The van der Waals surface area contributed by atoms with Crippen LogP contribution in [0.5, 0.6) is 0 Å². The Labute approximate surface area is 227 Å². The number of hydrogen-bond acceptors (Lipinski definition) is 7. The molecule has 11 heteroatoms. The molecule has 38 heavy (non-hydrogen) atoms. The summed E-state index contributed by atoms with van der Waals surface area (Å²) >= 11 is 1.27. The van der Waals surface area contributed by atoms with Crippen molar-refractivity contribution in [2.45, 2.75) is 31.1 Å². The lowest BCUT2D eigenvalue weighted by molar-refractivity contribution is 0.0376. The molecule has 1 unspecified atom stereocenters. The van der Waals surface area contributed by atoms with Crippen molar-refractivity contribution < 1.29 is 22.3 Å². The number of sulfonamides is 1. The van der Waals surface area contributed by atoms with Gasteiger partial charge in [0, 0.05) is 44.8 Å². The number of halogens is 1. The zero-order chi connectivity index (χ0) is 26.7. The average Bonchev–Trinajstić information content (AvgIpc) is 3.37. The first-order valence-electron chi connectivity index (χ1n) is 13.1. The minimum atomic E-state index is -3.62. The second kappa shape index (κ2) is 11.7. The fourth-order valence-electron chi connectivity index (χ4n) is 5.02. The molecular weight excluding hydrogens is 527 g/mol. The number of carbonyl (C=O) groups excluding carboxylic acids is 1. The highest BCUT2D eigenvalue weighted by Crippen LogP contribution is 2.31. The summed E-state index contributed by atoms with van der Waals surface area (Å²) in [5, 5.41) is 0.427. The molecule has 0 spiro atoms. The van der Waals surface area contributed by atoms with Gasteiger partial charge in [0.15, 0.2) is 5.13 Å². The van der Waals surface area contributed by atoms with Crippen molar-refractivity contribution >= 4 is 42.6 Å². The Morgan fingerprint density at radius 2 is 1.92 bits per heavy atom. The minimum Gasteiger partial charge on any atom is -0.379 e. The Bertz CT molecular complexity index is 1370. The quantitative estimate of drug-likeness (QED) is 0.410. The van der Waals surface area contributed by atoms with Gasteiger partial charge in [-0.05, 0) is 61.6 Å². The van der Waals surface area contributed by atoms with Crippen LogP contribution in [0, 0.1) is 11.7 Å². The number of thiazole rings is 1. The van der Waals surface area contributed by atoms with E-state index in [0.29, 0.717) is 60.6 Å². The van der Waals surface area contributed by atoms with Crippen molar-refractivity contribution in [1.82, 2.24) is 14.2 Å². The summed E-state index contributed by atoms with van der Waals surface area (Å²) in [7, 11) is -3.62. The average molecular weight is 561 g/mol. The van der Waals surface area contributed by atoms with Crippen molar-refractivity contribution in [2.24, 2.45) is 5.92 Å². The minimum absolute atomic E-state index is 0.184. The standard InChI is InChI=1S/C27H33FN4O4S2/c1-20-5-3-13-31(19-20)38(34,35)22-10-8-21(9-11-22)26(33)32(14-4-12-30-15-17-36-18-16-30)27-29-25-23(28)6-2-7-24(25)37-27/h2,6-11,20H,3-5,12-19H2,1H3. The lowest BCUT2D eigenvalue weighted by Gasteiger charge is -2.30. The smallest absolute Gasteiger partial charge is 0.260 e. The molecule has 3 aromatic rings. The zero-order valence-corrected chi connectivity index (χ0v) is 23.1. The lowest BCUT2D eigenvalue weighted by Crippen LogP contribution is -2.39. The number of morpholine rings is 1. The number of fused-ring (bicyclic) bond motifs is 1. The van der Waals surface area contributed by atoms with Gasteiger partial charge in [-0.1, -0.05) is 24.3 Å². The van der Waals surface area contributed by atoms with Gasteiger partial charge in [-0.3, -0.25) is 14.6 Å². The molecule has 5 rings (SSSR count). The van der Waals surface area contributed by atoms with Gasteiger partial charge in [0.2, 0.25) is 10.0 Å². The van der Waals surface area contributed by atoms with E-state index in [1.807, 2.05) is 0 Å². The number of aromatic nitrogens is 1. The molecule has 1 aromatic heterocycles. The van der Waals surface area contributed by atoms with Crippen molar-refractivity contribution in [1.29, 1.82) is 0 Å². The summed E-state index contributed by atoms with van der Waals surface area (Å²) in [6, 6.07) is 10.9. The van der Waals surface area contributed by atoms with E-state index in [0.717, 1.165) is 32.5 Å². The number of carbonyl (C=O) groups is 1. The van der Waals surface area contributed by atoms with Crippen LogP contribution in [0.1, 0.15) is 36.5 Å². The lowest BCUT2D eigenvalue weighted by atomic mass is 10.0. The summed E-state index contributed by atoms with van der Waals surface area (Å²) in [6.07, 6.45) is 2.58. The Hall–Kier alpha value is -2.44. The van der Waals surface area contributed by atoms with Gasteiger partial charge in [0.25, 0.3) is 5.91 Å². The zero-order valence-electron chi connectivity index (χ0n) is 21.5. The third-order valence-corrected chi connectivity index (χ3v) is 10.1. The highest BCUT2D eigenvalue weighted by atomic mass is 32.2. The molecular formula is C27H33FN4O4S2. The van der Waals surface area contributed by atoms with E-state index in [4.69, 9.17) is 4.74 Å². The number of piperidine rings is 1. The molecule has 2 aromatic carbocycles. The van der Waals surface area contributed by atoms with Gasteiger partial charge in [-0.15, -0.1) is 0 Å². The predicted octanol–water partition coefficient (Wildman–Crippen LogP) is 4.23. The third kappa shape index (κ3) is 5.91. The first kappa shape index (κ1) is 27.1. The number of ether oxygens (including phenoxy) is 1. The number of hydrogen-bond donors (Lipinski definition) is 0. The molecule has 204 valence electrons. The van der Waals surface area contributed by atoms with Crippen molar-refractivity contribution in [2.75, 3.05) is 57.4 Å². The number of rotatable bonds is 8. The summed E-state index contributed by atoms with van der Waals surface area (Å²) in [6.45, 7) is 7.40. The van der Waals surface area contributed by atoms with E-state index in [1.54, 1.807) is 29.2 Å². The van der Waals surface area contributed by atoms with E-state index in [1.165, 1.54) is 33.8 Å². The summed E-state index contributed by atoms with van der Waals surface area (Å²) < 4.78 is 48.3. The van der Waals surface area contributed by atoms with Gasteiger partial charge < -0.3 is 4.74 Å². The molecule has 3 heterocycles. The van der Waals surface area contributed by atoms with E-state index < -0.39 is 15.8 Å². The Morgan fingerprint density at radius 3 is 2.63 bits per heavy atom. The SMILES string of the molecule is CC1CCCN(S(=O)(=O)c2ccc(C(=O)N(CCCN3CCOCC3)c3nc4c(F)cccc4s3)cc2)C1. The van der Waals surface area contributed by atoms with Crippen LogP contribution >= 0.6 is 11.3 Å². The molecule has 0 bridgehead atoms. The Kier molecular flexibility index (Phi) is 8.39. The fourth-order valence-corrected chi connectivity index (χ4v) is 7.62. The molecule has 8 nitrogen and oxygen atoms in total. The molecule has 1 amide bonds. The van der Waals surface area contributed by atoms with E-state index in [2.05, 4.69) is 16.8 Å². The third-order valence-electron chi connectivity index (χ3n) is 7.15. The molecule has 0 N–H and O–H groups in total. The first-order valence-corrected chi connectivity index (χ1v) is 15.4. The van der Waals surface area contributed by atoms with E-state index >= 15 is 0 Å². The Balaban J connectivity index is 1.37. The largest absolute Gasteiger partial charge is 0.379 e. The van der Waals surface area contributed by atoms with Crippen LogP contribution in [-0.2, 0) is 14.8 Å². The number of nitrogens with zero attached hydrogens (tertiary/aromatic N) is 4. The van der Waals surface area contributed by atoms with Gasteiger partial charge in [-0.2, -0.15) is 4.31 Å². The normalized spacial score (nSPS) is 19.6. The van der Waals surface area contributed by atoms with Crippen LogP contribution in [0.25, 0.3) is 10.2 Å². The van der Waals surface area contributed by atoms with E-state index in [9.17, 15) is 17.6 Å². The van der Waals surface area contributed by atoms with Crippen molar-refractivity contribution in [3.63, 3.8) is 0 Å². The number of para-hydroxylation sites is 1. The second-order valence-corrected chi connectivity index (χ2v) is 12.9. The van der Waals surface area contributed by atoms with Gasteiger partial charge in [0.05, 0.1) is 22.8 Å². The van der Waals surface area contributed by atoms with Crippen LogP contribution < -0.4 is 4.90 Å². The molecule has 2 fully saturated rings. The maximum atomic E-state index is 14.4. The van der Waals surface area contributed by atoms with E-state index in [-0.39, 0.29) is 16.3 Å². The summed E-state index contributed by atoms with van der Waals surface area (Å²) in [5.74, 6) is -0.390. The number of amides is 1. The summed E-state index contributed by atoms with van der Waals surface area (Å²) in [4.78, 5) is 22.2. The highest BCUT2D eigenvalue weighted by molar-refractivity contribution is 7.89. The van der Waals surface area contributed by atoms with Crippen LogP contribution in [0.4, 0.5) is 9.52 Å². The molecule has 2 aliphatic heterocycles. The number of benzene rings is 2. The predicted molar refractivity (Wildman–Crippen MR) is 147 cm³/mol. The van der Waals surface area contributed by atoms with Crippen molar-refractivity contribution in [3.8, 4) is 0 Å². The summed E-state index contributed by atoms with van der Waals surface area (Å²) in [5.41, 5.74) is 0.609.